The van der Waals surface area contributed by atoms with Gasteiger partial charge in [-0.25, -0.2) is 4.98 Å². The largest absolute Gasteiger partial charge is 0.337 e. The Morgan fingerprint density at radius 2 is 1.96 bits per heavy atom. The summed E-state index contributed by atoms with van der Waals surface area (Å²) in [5, 5.41) is 0.689. The van der Waals surface area contributed by atoms with Crippen LogP contribution < -0.4 is 0 Å². The van der Waals surface area contributed by atoms with Gasteiger partial charge in [0.25, 0.3) is 5.91 Å². The van der Waals surface area contributed by atoms with E-state index in [9.17, 15) is 4.79 Å². The zero-order valence-corrected chi connectivity index (χ0v) is 14.5. The van der Waals surface area contributed by atoms with Crippen LogP contribution in [0.2, 0.25) is 5.02 Å². The van der Waals surface area contributed by atoms with Crippen molar-refractivity contribution < 1.29 is 4.79 Å². The van der Waals surface area contributed by atoms with Gasteiger partial charge in [-0.1, -0.05) is 24.1 Å². The summed E-state index contributed by atoms with van der Waals surface area (Å²) in [7, 11) is 0. The second-order valence-corrected chi connectivity index (χ2v) is 7.75. The van der Waals surface area contributed by atoms with Crippen molar-refractivity contribution in [2.75, 3.05) is 13.1 Å². The van der Waals surface area contributed by atoms with Gasteiger partial charge in [0.2, 0.25) is 0 Å². The molecule has 0 atom stereocenters. The monoisotopic (exact) mass is 351 g/mol. The summed E-state index contributed by atoms with van der Waals surface area (Å²) in [5.41, 5.74) is 3.93. The van der Waals surface area contributed by atoms with Gasteiger partial charge in [-0.2, -0.15) is 0 Å². The molecule has 1 spiro atoms. The highest BCUT2D eigenvalue weighted by Crippen LogP contribution is 2.48. The van der Waals surface area contributed by atoms with Gasteiger partial charge in [0, 0.05) is 34.8 Å². The Morgan fingerprint density at radius 3 is 2.68 bits per heavy atom. The van der Waals surface area contributed by atoms with E-state index >= 15 is 0 Å². The number of aromatic nitrogens is 2. The Bertz CT molecular complexity index is 982. The van der Waals surface area contributed by atoms with E-state index in [0.29, 0.717) is 10.4 Å². The molecule has 1 aromatic heterocycles. The third kappa shape index (κ3) is 2.35. The number of halogens is 1. The molecule has 5 heteroatoms. The maximum Gasteiger partial charge on any atom is 0.253 e. The summed E-state index contributed by atoms with van der Waals surface area (Å²) in [6.45, 7) is 1.83. The number of imidazole rings is 1. The van der Waals surface area contributed by atoms with Crippen LogP contribution >= 0.6 is 11.6 Å². The zero-order valence-electron chi connectivity index (χ0n) is 13.8. The molecule has 0 radical (unpaired) electrons. The molecular formula is C20H18ClN3O. The minimum absolute atomic E-state index is 0.122. The average Bonchev–Trinajstić information content (AvgIpc) is 2.95. The molecule has 1 aliphatic carbocycles. The van der Waals surface area contributed by atoms with Gasteiger partial charge in [0.05, 0.1) is 11.0 Å². The Morgan fingerprint density at radius 1 is 1.12 bits per heavy atom. The van der Waals surface area contributed by atoms with Crippen LogP contribution in [0, 0.1) is 5.41 Å². The predicted octanol–water partition coefficient (Wildman–Crippen LogP) is 4.31. The fourth-order valence-electron chi connectivity index (χ4n) is 4.06. The molecule has 4 nitrogen and oxygen atoms in total. The van der Waals surface area contributed by atoms with Gasteiger partial charge >= 0.3 is 0 Å². The van der Waals surface area contributed by atoms with E-state index < -0.39 is 0 Å². The van der Waals surface area contributed by atoms with Crippen molar-refractivity contribution in [1.82, 2.24) is 14.5 Å². The smallest absolute Gasteiger partial charge is 0.253 e. The summed E-state index contributed by atoms with van der Waals surface area (Å²) < 4.78 is 1.99. The van der Waals surface area contributed by atoms with Crippen molar-refractivity contribution in [3.63, 3.8) is 0 Å². The summed E-state index contributed by atoms with van der Waals surface area (Å²) in [6.07, 6.45) is 5.65. The van der Waals surface area contributed by atoms with Crippen molar-refractivity contribution in [1.29, 1.82) is 0 Å². The molecule has 0 bridgehead atoms. The molecule has 1 saturated heterocycles. The minimum atomic E-state index is 0.122. The van der Waals surface area contributed by atoms with Crippen LogP contribution in [0.4, 0.5) is 0 Å². The summed E-state index contributed by atoms with van der Waals surface area (Å²) in [5.74, 6) is 0.122. The Labute approximate surface area is 151 Å². The molecular weight excluding hydrogens is 334 g/mol. The highest BCUT2D eigenvalue weighted by Gasteiger charge is 2.48. The SMILES string of the molecule is O=C(c1ccc2c(c1)ncn2-c1cccc(Cl)c1)N1CC2(CCC2)C1. The molecule has 2 fully saturated rings. The quantitative estimate of drug-likeness (QED) is 0.690. The van der Waals surface area contributed by atoms with E-state index in [-0.39, 0.29) is 5.91 Å². The average molecular weight is 352 g/mol. The van der Waals surface area contributed by atoms with Crippen molar-refractivity contribution >= 4 is 28.5 Å². The first-order valence-electron chi connectivity index (χ1n) is 8.66. The van der Waals surface area contributed by atoms with Gasteiger partial charge < -0.3 is 4.90 Å². The summed E-state index contributed by atoms with van der Waals surface area (Å²) in [6, 6.07) is 13.4. The highest BCUT2D eigenvalue weighted by molar-refractivity contribution is 6.30. The highest BCUT2D eigenvalue weighted by atomic mass is 35.5. The number of nitrogens with zero attached hydrogens (tertiary/aromatic N) is 3. The normalized spacial score (nSPS) is 18.2. The maximum absolute atomic E-state index is 12.7. The fraction of sp³-hybridized carbons (Fsp3) is 0.300. The number of likely N-dealkylation sites (tertiary alicyclic amines) is 1. The van der Waals surface area contributed by atoms with Gasteiger partial charge in [0.15, 0.2) is 0 Å². The van der Waals surface area contributed by atoms with Crippen molar-refractivity contribution in [3.8, 4) is 5.69 Å². The second kappa shape index (κ2) is 5.33. The maximum atomic E-state index is 12.7. The molecule has 1 amide bonds. The number of carbonyl (C=O) groups is 1. The van der Waals surface area contributed by atoms with Gasteiger partial charge in [-0.15, -0.1) is 0 Å². The summed E-state index contributed by atoms with van der Waals surface area (Å²) >= 11 is 6.09. The van der Waals surface area contributed by atoms with Crippen LogP contribution in [0.25, 0.3) is 16.7 Å². The lowest BCUT2D eigenvalue weighted by atomic mass is 9.63. The van der Waals surface area contributed by atoms with Crippen LogP contribution in [-0.2, 0) is 0 Å². The van der Waals surface area contributed by atoms with Crippen LogP contribution in [0.1, 0.15) is 29.6 Å². The molecule has 25 heavy (non-hydrogen) atoms. The number of carbonyl (C=O) groups excluding carboxylic acids is 1. The first kappa shape index (κ1) is 15.0. The van der Waals surface area contributed by atoms with Crippen LogP contribution in [0.5, 0.6) is 0 Å². The molecule has 2 aromatic carbocycles. The first-order valence-corrected chi connectivity index (χ1v) is 9.04. The molecule has 0 unspecified atom stereocenters. The van der Waals surface area contributed by atoms with Crippen molar-refractivity contribution in [2.24, 2.45) is 5.41 Å². The van der Waals surface area contributed by atoms with E-state index in [1.807, 2.05) is 51.9 Å². The number of fused-ring (bicyclic) bond motifs is 1. The summed E-state index contributed by atoms with van der Waals surface area (Å²) in [4.78, 5) is 19.1. The molecule has 2 heterocycles. The number of hydrogen-bond acceptors (Lipinski definition) is 2. The Hall–Kier alpha value is -2.33. The van der Waals surface area contributed by atoms with Crippen LogP contribution in [0.3, 0.4) is 0 Å². The number of rotatable bonds is 2. The Balaban J connectivity index is 1.44. The van der Waals surface area contributed by atoms with Crippen LogP contribution in [-0.4, -0.2) is 33.4 Å². The standard InChI is InChI=1S/C20H18ClN3O/c21-15-3-1-4-16(10-15)24-13-22-17-9-14(5-6-18(17)24)19(25)23-11-20(12-23)7-2-8-20/h1,3-6,9-10,13H,2,7-8,11-12H2. The lowest BCUT2D eigenvalue weighted by Crippen LogP contribution is -2.61. The molecule has 1 aliphatic heterocycles. The van der Waals surface area contributed by atoms with E-state index in [0.717, 1.165) is 35.4 Å². The number of hydrogen-bond donors (Lipinski definition) is 0. The van der Waals surface area contributed by atoms with Gasteiger partial charge in [-0.05, 0) is 49.2 Å². The fourth-order valence-corrected chi connectivity index (χ4v) is 4.24. The molecule has 2 aliphatic rings. The third-order valence-electron chi connectivity index (χ3n) is 5.63. The lowest BCUT2D eigenvalue weighted by molar-refractivity contribution is -0.0426. The van der Waals surface area contributed by atoms with E-state index in [1.54, 1.807) is 6.33 Å². The van der Waals surface area contributed by atoms with Gasteiger partial charge in [-0.3, -0.25) is 9.36 Å². The zero-order chi connectivity index (χ0) is 17.0. The molecule has 126 valence electrons. The number of amides is 1. The van der Waals surface area contributed by atoms with E-state index in [4.69, 9.17) is 11.6 Å². The third-order valence-corrected chi connectivity index (χ3v) is 5.87. The lowest BCUT2D eigenvalue weighted by Gasteiger charge is -2.55. The van der Waals surface area contributed by atoms with E-state index in [1.165, 1.54) is 19.3 Å². The molecule has 1 saturated carbocycles. The molecule has 5 rings (SSSR count). The van der Waals surface area contributed by atoms with Crippen LogP contribution in [0.15, 0.2) is 48.8 Å². The van der Waals surface area contributed by atoms with Crippen molar-refractivity contribution in [2.45, 2.75) is 19.3 Å². The van der Waals surface area contributed by atoms with Gasteiger partial charge in [0.1, 0.15) is 6.33 Å². The van der Waals surface area contributed by atoms with E-state index in [2.05, 4.69) is 4.98 Å². The number of benzene rings is 2. The second-order valence-electron chi connectivity index (χ2n) is 7.31. The molecule has 3 aromatic rings. The predicted molar refractivity (Wildman–Crippen MR) is 98.3 cm³/mol. The van der Waals surface area contributed by atoms with Crippen molar-refractivity contribution in [3.05, 3.63) is 59.4 Å². The topological polar surface area (TPSA) is 38.1 Å². The molecule has 0 N–H and O–H groups in total. The Kier molecular flexibility index (Phi) is 3.19. The minimum Gasteiger partial charge on any atom is -0.337 e. The first-order chi connectivity index (χ1) is 12.1.